The average molecular weight is 172 g/mol. The molecular weight excluding hydrogens is 164 g/mol. The third-order valence-corrected chi connectivity index (χ3v) is 1.82. The van der Waals surface area contributed by atoms with Gasteiger partial charge in [-0.15, -0.1) is 0 Å². The van der Waals surface area contributed by atoms with Crippen molar-refractivity contribution in [3.63, 3.8) is 0 Å². The van der Waals surface area contributed by atoms with E-state index in [4.69, 9.17) is 5.26 Å². The Labute approximate surface area is 75.4 Å². The predicted octanol–water partition coefficient (Wildman–Crippen LogP) is 1.16. The maximum Gasteiger partial charge on any atom is 0.155 e. The van der Waals surface area contributed by atoms with Crippen LogP contribution in [0.4, 0.5) is 0 Å². The molecule has 0 fully saturated rings. The van der Waals surface area contributed by atoms with Crippen LogP contribution in [0.2, 0.25) is 0 Å². The van der Waals surface area contributed by atoms with Gasteiger partial charge in [-0.3, -0.25) is 0 Å². The van der Waals surface area contributed by atoms with E-state index in [0.717, 1.165) is 17.9 Å². The maximum absolute atomic E-state index is 8.65. The van der Waals surface area contributed by atoms with E-state index >= 15 is 0 Å². The molecule has 0 atom stereocenters. The minimum Gasteiger partial charge on any atom is -0.220 e. The molecule has 0 amide bonds. The Kier molecular flexibility index (Phi) is 1.71. The number of hydrogen-bond acceptors (Lipinski definition) is 3. The molecule has 13 heavy (non-hydrogen) atoms. The Hall–Kier alpha value is -1.89. The molecule has 2 rings (SSSR count). The lowest BCUT2D eigenvalue weighted by molar-refractivity contribution is 0.884. The fraction of sp³-hybridized carbons (Fsp3) is 0.222. The summed E-state index contributed by atoms with van der Waals surface area (Å²) in [6, 6.07) is 5.59. The molecule has 4 nitrogen and oxygen atoms in total. The molecule has 64 valence electrons. The summed E-state index contributed by atoms with van der Waals surface area (Å²) in [6.07, 6.45) is 2.49. The van der Waals surface area contributed by atoms with Gasteiger partial charge >= 0.3 is 0 Å². The summed E-state index contributed by atoms with van der Waals surface area (Å²) in [5, 5.41) is 12.8. The van der Waals surface area contributed by atoms with Gasteiger partial charge in [0.1, 0.15) is 6.07 Å². The standard InChI is InChI=1S/C9H8N4/c1-2-8-11-9-4-3-7(5-10)6-13(9)12-8/h3-4,6H,2H2,1H3. The van der Waals surface area contributed by atoms with Crippen LogP contribution in [-0.4, -0.2) is 14.6 Å². The van der Waals surface area contributed by atoms with Crippen LogP contribution in [0.5, 0.6) is 0 Å². The zero-order chi connectivity index (χ0) is 9.26. The van der Waals surface area contributed by atoms with Crippen molar-refractivity contribution in [2.75, 3.05) is 0 Å². The van der Waals surface area contributed by atoms with Crippen molar-refractivity contribution in [1.29, 1.82) is 5.26 Å². The largest absolute Gasteiger partial charge is 0.220 e. The summed E-state index contributed by atoms with van der Waals surface area (Å²) in [7, 11) is 0. The van der Waals surface area contributed by atoms with Crippen LogP contribution in [0.25, 0.3) is 5.65 Å². The predicted molar refractivity (Wildman–Crippen MR) is 47.1 cm³/mol. The van der Waals surface area contributed by atoms with E-state index < -0.39 is 0 Å². The lowest BCUT2D eigenvalue weighted by Crippen LogP contribution is -1.88. The monoisotopic (exact) mass is 172 g/mol. The summed E-state index contributed by atoms with van der Waals surface area (Å²) in [5.41, 5.74) is 1.39. The van der Waals surface area contributed by atoms with E-state index in [-0.39, 0.29) is 0 Å². The molecule has 2 heterocycles. The molecule has 0 spiro atoms. The number of aryl methyl sites for hydroxylation is 1. The molecule has 0 aliphatic heterocycles. The van der Waals surface area contributed by atoms with Crippen LogP contribution in [0, 0.1) is 11.3 Å². The third-order valence-electron chi connectivity index (χ3n) is 1.82. The first-order valence-corrected chi connectivity index (χ1v) is 4.09. The van der Waals surface area contributed by atoms with Gasteiger partial charge < -0.3 is 0 Å². The van der Waals surface area contributed by atoms with Crippen LogP contribution >= 0.6 is 0 Å². The number of pyridine rings is 1. The Bertz CT molecular complexity index is 478. The second-order valence-electron chi connectivity index (χ2n) is 2.71. The van der Waals surface area contributed by atoms with Gasteiger partial charge in [-0.05, 0) is 12.1 Å². The number of aromatic nitrogens is 3. The average Bonchev–Trinajstić information content (AvgIpc) is 2.58. The topological polar surface area (TPSA) is 54.0 Å². The van der Waals surface area contributed by atoms with Gasteiger partial charge in [0, 0.05) is 12.6 Å². The first kappa shape index (κ1) is 7.74. The fourth-order valence-corrected chi connectivity index (χ4v) is 1.15. The van der Waals surface area contributed by atoms with Crippen molar-refractivity contribution in [2.24, 2.45) is 0 Å². The molecule has 0 bridgehead atoms. The van der Waals surface area contributed by atoms with Crippen molar-refractivity contribution in [1.82, 2.24) is 14.6 Å². The summed E-state index contributed by atoms with van der Waals surface area (Å²) in [6.45, 7) is 2.00. The van der Waals surface area contributed by atoms with Gasteiger partial charge in [0.05, 0.1) is 5.56 Å². The highest BCUT2D eigenvalue weighted by atomic mass is 15.3. The normalized spacial score (nSPS) is 10.2. The quantitative estimate of drug-likeness (QED) is 0.648. The second kappa shape index (κ2) is 2.87. The minimum absolute atomic E-state index is 0.597. The van der Waals surface area contributed by atoms with Gasteiger partial charge in [-0.25, -0.2) is 9.50 Å². The molecule has 4 heteroatoms. The number of nitriles is 1. The molecule has 0 saturated carbocycles. The summed E-state index contributed by atoms with van der Waals surface area (Å²) < 4.78 is 1.64. The van der Waals surface area contributed by atoms with Crippen molar-refractivity contribution in [3.8, 4) is 6.07 Å². The van der Waals surface area contributed by atoms with E-state index in [9.17, 15) is 0 Å². The van der Waals surface area contributed by atoms with Crippen LogP contribution in [-0.2, 0) is 6.42 Å². The van der Waals surface area contributed by atoms with E-state index in [1.54, 1.807) is 22.8 Å². The van der Waals surface area contributed by atoms with Gasteiger partial charge in [0.15, 0.2) is 11.5 Å². The number of fused-ring (bicyclic) bond motifs is 1. The second-order valence-corrected chi connectivity index (χ2v) is 2.71. The third kappa shape index (κ3) is 1.25. The minimum atomic E-state index is 0.597. The molecule has 0 radical (unpaired) electrons. The van der Waals surface area contributed by atoms with Crippen molar-refractivity contribution >= 4 is 5.65 Å². The maximum atomic E-state index is 8.65. The van der Waals surface area contributed by atoms with Crippen molar-refractivity contribution in [2.45, 2.75) is 13.3 Å². The first-order chi connectivity index (χ1) is 6.33. The first-order valence-electron chi connectivity index (χ1n) is 4.09. The lowest BCUT2D eigenvalue weighted by Gasteiger charge is -1.89. The van der Waals surface area contributed by atoms with Gasteiger partial charge in [-0.1, -0.05) is 6.92 Å². The fourth-order valence-electron chi connectivity index (χ4n) is 1.15. The molecule has 0 unspecified atom stereocenters. The Morgan fingerprint density at radius 3 is 3.08 bits per heavy atom. The zero-order valence-corrected chi connectivity index (χ0v) is 7.23. The smallest absolute Gasteiger partial charge is 0.155 e. The lowest BCUT2D eigenvalue weighted by atomic mass is 10.3. The van der Waals surface area contributed by atoms with Crippen LogP contribution in [0.1, 0.15) is 18.3 Å². The molecule has 0 aliphatic rings. The highest BCUT2D eigenvalue weighted by molar-refractivity contribution is 5.41. The van der Waals surface area contributed by atoms with Crippen LogP contribution < -0.4 is 0 Å². The van der Waals surface area contributed by atoms with E-state index in [2.05, 4.69) is 16.2 Å². The highest BCUT2D eigenvalue weighted by Crippen LogP contribution is 2.04. The summed E-state index contributed by atoms with van der Waals surface area (Å²) in [4.78, 5) is 4.25. The number of rotatable bonds is 1. The molecule has 0 N–H and O–H groups in total. The molecule has 0 aliphatic carbocycles. The molecule has 2 aromatic heterocycles. The number of nitrogens with zero attached hydrogens (tertiary/aromatic N) is 4. The van der Waals surface area contributed by atoms with Crippen molar-refractivity contribution < 1.29 is 0 Å². The van der Waals surface area contributed by atoms with Gasteiger partial charge in [0.25, 0.3) is 0 Å². The zero-order valence-electron chi connectivity index (χ0n) is 7.23. The van der Waals surface area contributed by atoms with Gasteiger partial charge in [-0.2, -0.15) is 10.4 Å². The van der Waals surface area contributed by atoms with Crippen LogP contribution in [0.15, 0.2) is 18.3 Å². The SMILES string of the molecule is CCc1nc2ccc(C#N)cn2n1. The Morgan fingerprint density at radius 1 is 1.54 bits per heavy atom. The van der Waals surface area contributed by atoms with E-state index in [1.807, 2.05) is 6.92 Å². The number of hydrogen-bond donors (Lipinski definition) is 0. The van der Waals surface area contributed by atoms with E-state index in [0.29, 0.717) is 5.56 Å². The molecule has 2 aromatic rings. The highest BCUT2D eigenvalue weighted by Gasteiger charge is 2.01. The Balaban J connectivity index is 2.65. The van der Waals surface area contributed by atoms with Gasteiger partial charge in [0.2, 0.25) is 0 Å². The molecule has 0 saturated heterocycles. The van der Waals surface area contributed by atoms with E-state index in [1.165, 1.54) is 0 Å². The summed E-state index contributed by atoms with van der Waals surface area (Å²) >= 11 is 0. The molecular formula is C9H8N4. The summed E-state index contributed by atoms with van der Waals surface area (Å²) in [5.74, 6) is 0.801. The Morgan fingerprint density at radius 2 is 2.38 bits per heavy atom. The van der Waals surface area contributed by atoms with Crippen LogP contribution in [0.3, 0.4) is 0 Å². The van der Waals surface area contributed by atoms with Crippen molar-refractivity contribution in [3.05, 3.63) is 29.7 Å². The molecule has 0 aromatic carbocycles.